The van der Waals surface area contributed by atoms with Gasteiger partial charge >= 0.3 is 0 Å². The van der Waals surface area contributed by atoms with Crippen LogP contribution in [-0.4, -0.2) is 26.9 Å². The lowest BCUT2D eigenvalue weighted by molar-refractivity contribution is -0.122. The van der Waals surface area contributed by atoms with Crippen molar-refractivity contribution >= 4 is 31.9 Å². The molecule has 2 aromatic rings. The first-order valence-corrected chi connectivity index (χ1v) is 9.99. The van der Waals surface area contributed by atoms with Crippen molar-refractivity contribution in [2.24, 2.45) is 0 Å². The van der Waals surface area contributed by atoms with Crippen LogP contribution >= 0.6 is 15.9 Å². The molecule has 5 nitrogen and oxygen atoms in total. The quantitative estimate of drug-likeness (QED) is 0.662. The van der Waals surface area contributed by atoms with Crippen molar-refractivity contribution in [1.29, 1.82) is 0 Å². The highest BCUT2D eigenvalue weighted by molar-refractivity contribution is 9.11. The van der Waals surface area contributed by atoms with Crippen LogP contribution in [0.15, 0.2) is 70.6 Å². The van der Waals surface area contributed by atoms with Crippen LogP contribution in [0.2, 0.25) is 0 Å². The summed E-state index contributed by atoms with van der Waals surface area (Å²) in [5.41, 5.74) is 0.765. The number of hydrogen-bond donors (Lipinski definition) is 2. The molecule has 0 saturated heterocycles. The predicted molar refractivity (Wildman–Crippen MR) is 102 cm³/mol. The van der Waals surface area contributed by atoms with Gasteiger partial charge in [-0.25, -0.2) is 12.8 Å². The molecule has 2 aromatic carbocycles. The van der Waals surface area contributed by atoms with Crippen molar-refractivity contribution < 1.29 is 17.6 Å². The molecule has 2 N–H and O–H groups in total. The second-order valence-electron chi connectivity index (χ2n) is 5.53. The molecular formula is C18H18BrFN2O3S. The number of rotatable bonds is 8. The van der Waals surface area contributed by atoms with Crippen LogP contribution in [0.3, 0.4) is 0 Å². The molecule has 1 unspecified atom stereocenters. The second-order valence-corrected chi connectivity index (χ2v) is 8.33. The van der Waals surface area contributed by atoms with Gasteiger partial charge in [0.25, 0.3) is 0 Å². The van der Waals surface area contributed by atoms with E-state index in [-0.39, 0.29) is 13.0 Å². The Balaban J connectivity index is 2.26. The second kappa shape index (κ2) is 9.07. The molecule has 138 valence electrons. The highest BCUT2D eigenvalue weighted by Gasteiger charge is 2.27. The van der Waals surface area contributed by atoms with Crippen molar-refractivity contribution in [2.45, 2.75) is 17.4 Å². The molecule has 1 atom stereocenters. The first-order chi connectivity index (χ1) is 12.3. The van der Waals surface area contributed by atoms with Gasteiger partial charge in [0, 0.05) is 11.0 Å². The summed E-state index contributed by atoms with van der Waals surface area (Å²) in [5.74, 6) is -1.41. The fraction of sp³-hybridized carbons (Fsp3) is 0.167. The lowest BCUT2D eigenvalue weighted by atomic mass is 10.1. The summed E-state index contributed by atoms with van der Waals surface area (Å²) >= 11 is 3.13. The van der Waals surface area contributed by atoms with Crippen LogP contribution in [0.25, 0.3) is 0 Å². The van der Waals surface area contributed by atoms with Crippen molar-refractivity contribution in [1.82, 2.24) is 10.0 Å². The van der Waals surface area contributed by atoms with E-state index in [2.05, 4.69) is 32.5 Å². The van der Waals surface area contributed by atoms with Crippen molar-refractivity contribution in [3.8, 4) is 0 Å². The number of benzene rings is 2. The van der Waals surface area contributed by atoms with Gasteiger partial charge in [-0.1, -0.05) is 65.0 Å². The van der Waals surface area contributed by atoms with Gasteiger partial charge in [-0.05, 0) is 24.1 Å². The minimum Gasteiger partial charge on any atom is -0.350 e. The Hall–Kier alpha value is -2.03. The van der Waals surface area contributed by atoms with Crippen LogP contribution in [-0.2, 0) is 21.2 Å². The minimum atomic E-state index is -4.21. The number of carbonyl (C=O) groups excluding carboxylic acids is 1. The summed E-state index contributed by atoms with van der Waals surface area (Å²) in [6, 6.07) is 12.9. The zero-order valence-electron chi connectivity index (χ0n) is 13.8. The first kappa shape index (κ1) is 20.3. The van der Waals surface area contributed by atoms with E-state index in [1.54, 1.807) is 24.3 Å². The molecule has 0 aromatic heterocycles. The zero-order valence-corrected chi connectivity index (χ0v) is 16.2. The van der Waals surface area contributed by atoms with Gasteiger partial charge in [0.1, 0.15) is 16.8 Å². The Kier molecular flexibility index (Phi) is 7.07. The van der Waals surface area contributed by atoms with Gasteiger partial charge in [0.05, 0.1) is 0 Å². The molecule has 8 heteroatoms. The van der Waals surface area contributed by atoms with Gasteiger partial charge < -0.3 is 5.32 Å². The summed E-state index contributed by atoms with van der Waals surface area (Å²) in [5, 5.41) is 2.59. The highest BCUT2D eigenvalue weighted by Crippen LogP contribution is 2.15. The number of amides is 1. The Morgan fingerprint density at radius 3 is 2.35 bits per heavy atom. The molecular weight excluding hydrogens is 423 g/mol. The van der Waals surface area contributed by atoms with E-state index < -0.39 is 32.7 Å². The Morgan fingerprint density at radius 2 is 1.73 bits per heavy atom. The zero-order chi connectivity index (χ0) is 19.2. The molecule has 0 bridgehead atoms. The third-order valence-corrected chi connectivity index (χ3v) is 5.26. The van der Waals surface area contributed by atoms with E-state index in [0.717, 1.165) is 17.7 Å². The topological polar surface area (TPSA) is 75.3 Å². The van der Waals surface area contributed by atoms with Gasteiger partial charge in [-0.15, -0.1) is 0 Å². The first-order valence-electron chi connectivity index (χ1n) is 7.71. The summed E-state index contributed by atoms with van der Waals surface area (Å²) in [4.78, 5) is 11.9. The summed E-state index contributed by atoms with van der Waals surface area (Å²) in [6.07, 6.45) is 0.120. The maximum absolute atomic E-state index is 13.9. The van der Waals surface area contributed by atoms with E-state index in [1.807, 2.05) is 6.07 Å². The molecule has 0 aliphatic carbocycles. The van der Waals surface area contributed by atoms with Crippen molar-refractivity contribution in [3.05, 3.63) is 77.0 Å². The molecule has 0 heterocycles. The van der Waals surface area contributed by atoms with E-state index in [4.69, 9.17) is 0 Å². The van der Waals surface area contributed by atoms with E-state index in [1.165, 1.54) is 12.1 Å². The van der Waals surface area contributed by atoms with Crippen LogP contribution in [0, 0.1) is 5.82 Å². The Bertz CT molecular complexity index is 888. The largest absolute Gasteiger partial charge is 0.350 e. The van der Waals surface area contributed by atoms with Crippen molar-refractivity contribution in [3.63, 3.8) is 0 Å². The van der Waals surface area contributed by atoms with Gasteiger partial charge in [0.2, 0.25) is 15.9 Å². The number of hydrogen-bond acceptors (Lipinski definition) is 3. The fourth-order valence-corrected chi connectivity index (χ4v) is 3.67. The van der Waals surface area contributed by atoms with Crippen LogP contribution in [0.1, 0.15) is 5.56 Å². The predicted octanol–water partition coefficient (Wildman–Crippen LogP) is 2.74. The molecule has 2 rings (SSSR count). The number of halogens is 2. The van der Waals surface area contributed by atoms with E-state index in [0.29, 0.717) is 4.48 Å². The highest BCUT2D eigenvalue weighted by atomic mass is 79.9. The standard InChI is InChI=1S/C18H18BrFN2O3S/c1-13(19)12-21-18(23)16(11-14-7-3-2-4-8-14)22-26(24,25)17-10-6-5-9-15(17)20/h2-10,16,22H,1,11-12H2,(H,21,23). The van der Waals surface area contributed by atoms with Gasteiger partial charge in [0.15, 0.2) is 0 Å². The molecule has 0 saturated carbocycles. The minimum absolute atomic E-state index is 0.120. The monoisotopic (exact) mass is 440 g/mol. The number of carbonyl (C=O) groups is 1. The van der Waals surface area contributed by atoms with Crippen LogP contribution in [0.4, 0.5) is 4.39 Å². The van der Waals surface area contributed by atoms with E-state index in [9.17, 15) is 17.6 Å². The fourth-order valence-electron chi connectivity index (χ4n) is 2.26. The molecule has 0 spiro atoms. The third kappa shape index (κ3) is 5.76. The lowest BCUT2D eigenvalue weighted by Crippen LogP contribution is -2.48. The molecule has 0 fully saturated rings. The number of sulfonamides is 1. The molecule has 26 heavy (non-hydrogen) atoms. The smallest absolute Gasteiger partial charge is 0.244 e. The van der Waals surface area contributed by atoms with Gasteiger partial charge in [-0.3, -0.25) is 4.79 Å². The molecule has 1 amide bonds. The Labute approximate surface area is 160 Å². The molecule has 0 aliphatic heterocycles. The maximum Gasteiger partial charge on any atom is 0.244 e. The number of nitrogens with one attached hydrogen (secondary N) is 2. The van der Waals surface area contributed by atoms with Gasteiger partial charge in [-0.2, -0.15) is 4.72 Å². The average Bonchev–Trinajstić information content (AvgIpc) is 2.60. The average molecular weight is 441 g/mol. The lowest BCUT2D eigenvalue weighted by Gasteiger charge is -2.19. The SMILES string of the molecule is C=C(Br)CNC(=O)C(Cc1ccccc1)NS(=O)(=O)c1ccccc1F. The summed E-state index contributed by atoms with van der Waals surface area (Å²) < 4.78 is 41.8. The molecule has 0 radical (unpaired) electrons. The Morgan fingerprint density at radius 1 is 1.12 bits per heavy atom. The third-order valence-electron chi connectivity index (χ3n) is 3.48. The maximum atomic E-state index is 13.9. The van der Waals surface area contributed by atoms with Crippen LogP contribution in [0.5, 0.6) is 0 Å². The summed E-state index contributed by atoms with van der Waals surface area (Å²) in [6.45, 7) is 3.76. The van der Waals surface area contributed by atoms with Crippen molar-refractivity contribution in [2.75, 3.05) is 6.54 Å². The summed E-state index contributed by atoms with van der Waals surface area (Å²) in [7, 11) is -4.21. The normalized spacial score (nSPS) is 12.4. The molecule has 0 aliphatic rings. The van der Waals surface area contributed by atoms with Crippen LogP contribution < -0.4 is 10.0 Å². The van der Waals surface area contributed by atoms with E-state index >= 15 is 0 Å².